The Bertz CT molecular complexity index is 1250. The highest BCUT2D eigenvalue weighted by Gasteiger charge is 2.30. The van der Waals surface area contributed by atoms with Crippen LogP contribution in [0.25, 0.3) is 28.0 Å². The molecule has 0 aliphatic rings. The smallest absolute Gasteiger partial charge is 0.327 e. The third-order valence-electron chi connectivity index (χ3n) is 4.64. The van der Waals surface area contributed by atoms with Crippen LogP contribution in [0.5, 0.6) is 0 Å². The number of H-pyrrole nitrogens is 1. The molecule has 2 aromatic carbocycles. The summed E-state index contributed by atoms with van der Waals surface area (Å²) < 4.78 is 20.3. The van der Waals surface area contributed by atoms with E-state index in [2.05, 4.69) is 15.2 Å². The molecule has 1 N–H and O–H groups in total. The third-order valence-corrected chi connectivity index (χ3v) is 5.88. The van der Waals surface area contributed by atoms with Gasteiger partial charge in [-0.1, -0.05) is 30.0 Å². The van der Waals surface area contributed by atoms with Crippen LogP contribution < -0.4 is 0 Å². The van der Waals surface area contributed by atoms with Gasteiger partial charge >= 0.3 is 5.97 Å². The summed E-state index contributed by atoms with van der Waals surface area (Å²) in [5, 5.41) is 8.76. The molecule has 4 rings (SSSR count). The zero-order valence-corrected chi connectivity index (χ0v) is 17.6. The minimum atomic E-state index is -1.08. The van der Waals surface area contributed by atoms with Gasteiger partial charge in [0.05, 0.1) is 6.61 Å². The SMILES string of the molecule is CCOC(=O)C(Sc1nnc(-c2c[nH]c3ccccc23)n1-c1ccc(F)cc1)C(C)=O. The lowest BCUT2D eigenvalue weighted by molar-refractivity contribution is -0.144. The fraction of sp³-hybridized carbons (Fsp3) is 0.182. The van der Waals surface area contributed by atoms with Crippen LogP contribution in [0.4, 0.5) is 4.39 Å². The number of aromatic amines is 1. The lowest BCUT2D eigenvalue weighted by Crippen LogP contribution is -2.27. The van der Waals surface area contributed by atoms with Crippen LogP contribution in [0.15, 0.2) is 59.9 Å². The highest BCUT2D eigenvalue weighted by atomic mass is 32.2. The average molecular weight is 438 g/mol. The standard InChI is InChI=1S/C22H19FN4O3S/c1-3-30-21(29)19(13(2)28)31-22-26-25-20(27(22)15-10-8-14(23)9-11-15)17-12-24-18-7-5-4-6-16(17)18/h4-12,19,24H,3H2,1-2H3. The zero-order valence-electron chi connectivity index (χ0n) is 16.8. The number of Topliss-reactive ketones (excluding diaryl/α,β-unsaturated/α-hetero) is 1. The second-order valence-electron chi connectivity index (χ2n) is 6.73. The highest BCUT2D eigenvalue weighted by molar-refractivity contribution is 8.01. The van der Waals surface area contributed by atoms with Crippen molar-refractivity contribution in [1.29, 1.82) is 0 Å². The zero-order chi connectivity index (χ0) is 22.0. The lowest BCUT2D eigenvalue weighted by atomic mass is 10.1. The van der Waals surface area contributed by atoms with Gasteiger partial charge in [0.25, 0.3) is 0 Å². The largest absolute Gasteiger partial charge is 0.465 e. The summed E-state index contributed by atoms with van der Waals surface area (Å²) >= 11 is 0.955. The van der Waals surface area contributed by atoms with Crippen LogP contribution in [0.3, 0.4) is 0 Å². The number of benzene rings is 2. The summed E-state index contributed by atoms with van der Waals surface area (Å²) in [5.74, 6) is -0.876. The van der Waals surface area contributed by atoms with E-state index in [4.69, 9.17) is 4.74 Å². The first-order valence-corrected chi connectivity index (χ1v) is 10.5. The number of nitrogens with one attached hydrogen (secondary N) is 1. The van der Waals surface area contributed by atoms with E-state index in [9.17, 15) is 14.0 Å². The summed E-state index contributed by atoms with van der Waals surface area (Å²) in [7, 11) is 0. The van der Waals surface area contributed by atoms with Gasteiger partial charge in [-0.3, -0.25) is 14.2 Å². The molecule has 0 spiro atoms. The van der Waals surface area contributed by atoms with Crippen molar-refractivity contribution in [2.24, 2.45) is 0 Å². The minimum Gasteiger partial charge on any atom is -0.465 e. The Morgan fingerprint density at radius 3 is 2.61 bits per heavy atom. The van der Waals surface area contributed by atoms with Crippen LogP contribution >= 0.6 is 11.8 Å². The maximum absolute atomic E-state index is 13.6. The van der Waals surface area contributed by atoms with Crippen molar-refractivity contribution in [3.05, 3.63) is 60.5 Å². The Hall–Kier alpha value is -3.46. The van der Waals surface area contributed by atoms with Crippen LogP contribution in [-0.4, -0.2) is 43.4 Å². The summed E-state index contributed by atoms with van der Waals surface area (Å²) in [5.41, 5.74) is 2.31. The van der Waals surface area contributed by atoms with Crippen molar-refractivity contribution in [3.63, 3.8) is 0 Å². The molecule has 0 amide bonds. The number of aromatic nitrogens is 4. The highest BCUT2D eigenvalue weighted by Crippen LogP contribution is 2.34. The first-order chi connectivity index (χ1) is 15.0. The Labute approximate surface area is 181 Å². The van der Waals surface area contributed by atoms with Gasteiger partial charge in [0.15, 0.2) is 22.0 Å². The van der Waals surface area contributed by atoms with Crippen LogP contribution in [0.1, 0.15) is 13.8 Å². The van der Waals surface area contributed by atoms with Gasteiger partial charge in [-0.25, -0.2) is 4.39 Å². The van der Waals surface area contributed by atoms with E-state index in [1.165, 1.54) is 19.1 Å². The first kappa shape index (κ1) is 20.8. The second-order valence-corrected chi connectivity index (χ2v) is 7.80. The number of rotatable bonds is 7. The van der Waals surface area contributed by atoms with Crippen molar-refractivity contribution in [1.82, 2.24) is 19.7 Å². The molecule has 0 saturated heterocycles. The van der Waals surface area contributed by atoms with E-state index >= 15 is 0 Å². The van der Waals surface area contributed by atoms with Crippen molar-refractivity contribution in [3.8, 4) is 17.1 Å². The monoisotopic (exact) mass is 438 g/mol. The van der Waals surface area contributed by atoms with E-state index in [0.717, 1.165) is 28.2 Å². The van der Waals surface area contributed by atoms with Crippen LogP contribution in [0.2, 0.25) is 0 Å². The number of hydrogen-bond acceptors (Lipinski definition) is 6. The Kier molecular flexibility index (Phi) is 5.85. The molecule has 0 saturated carbocycles. The molecule has 0 aliphatic carbocycles. The molecule has 0 fully saturated rings. The van der Waals surface area contributed by atoms with E-state index < -0.39 is 11.2 Å². The molecule has 0 radical (unpaired) electrons. The third kappa shape index (κ3) is 4.09. The summed E-state index contributed by atoms with van der Waals surface area (Å²) in [6.07, 6.45) is 1.82. The number of ether oxygens (including phenoxy) is 1. The molecule has 0 aliphatic heterocycles. The molecule has 7 nitrogen and oxygen atoms in total. The van der Waals surface area contributed by atoms with Gasteiger partial charge < -0.3 is 9.72 Å². The van der Waals surface area contributed by atoms with Gasteiger partial charge in [-0.2, -0.15) is 0 Å². The fourth-order valence-electron chi connectivity index (χ4n) is 3.22. The summed E-state index contributed by atoms with van der Waals surface area (Å²) in [4.78, 5) is 27.7. The van der Waals surface area contributed by atoms with Gasteiger partial charge in [0.2, 0.25) is 0 Å². The molecule has 1 unspecified atom stereocenters. The minimum absolute atomic E-state index is 0.161. The van der Waals surface area contributed by atoms with Crippen molar-refractivity contribution in [2.45, 2.75) is 24.3 Å². The second kappa shape index (κ2) is 8.73. The summed E-state index contributed by atoms with van der Waals surface area (Å²) in [6.45, 7) is 3.16. The molecule has 158 valence electrons. The number of carbonyl (C=O) groups is 2. The average Bonchev–Trinajstić information content (AvgIpc) is 3.36. The summed E-state index contributed by atoms with van der Waals surface area (Å²) in [6, 6.07) is 13.6. The van der Waals surface area contributed by atoms with Gasteiger partial charge in [0, 0.05) is 28.4 Å². The number of nitrogens with zero attached hydrogens (tertiary/aromatic N) is 3. The van der Waals surface area contributed by atoms with Crippen molar-refractivity contribution in [2.75, 3.05) is 6.61 Å². The predicted octanol–water partition coefficient (Wildman–Crippen LogP) is 4.17. The molecule has 1 atom stereocenters. The Morgan fingerprint density at radius 2 is 1.90 bits per heavy atom. The topological polar surface area (TPSA) is 89.9 Å². The predicted molar refractivity (Wildman–Crippen MR) is 116 cm³/mol. The maximum atomic E-state index is 13.6. The first-order valence-electron chi connectivity index (χ1n) is 9.61. The molecular formula is C22H19FN4O3S. The molecule has 2 heterocycles. The van der Waals surface area contributed by atoms with Crippen LogP contribution in [-0.2, 0) is 14.3 Å². The maximum Gasteiger partial charge on any atom is 0.327 e. The Morgan fingerprint density at radius 1 is 1.16 bits per heavy atom. The van der Waals surface area contributed by atoms with Gasteiger partial charge in [-0.15, -0.1) is 10.2 Å². The van der Waals surface area contributed by atoms with Gasteiger partial charge in [-0.05, 0) is 44.2 Å². The van der Waals surface area contributed by atoms with Crippen molar-refractivity contribution >= 4 is 34.4 Å². The van der Waals surface area contributed by atoms with Crippen LogP contribution in [0, 0.1) is 5.82 Å². The number of para-hydroxylation sites is 1. The number of hydrogen-bond donors (Lipinski definition) is 1. The number of thioether (sulfide) groups is 1. The number of ketones is 1. The molecular weight excluding hydrogens is 419 g/mol. The number of halogens is 1. The number of fused-ring (bicyclic) bond motifs is 1. The lowest BCUT2D eigenvalue weighted by Gasteiger charge is -2.14. The quantitative estimate of drug-likeness (QED) is 0.265. The van der Waals surface area contributed by atoms with E-state index in [1.807, 2.05) is 30.5 Å². The molecule has 0 bridgehead atoms. The van der Waals surface area contributed by atoms with E-state index in [-0.39, 0.29) is 18.2 Å². The normalized spacial score (nSPS) is 12.1. The Balaban J connectivity index is 1.85. The fourth-order valence-corrected chi connectivity index (χ4v) is 4.15. The van der Waals surface area contributed by atoms with E-state index in [1.54, 1.807) is 23.6 Å². The number of esters is 1. The molecule has 9 heteroatoms. The molecule has 2 aromatic heterocycles. The van der Waals surface area contributed by atoms with Gasteiger partial charge in [0.1, 0.15) is 5.82 Å². The number of carbonyl (C=O) groups excluding carboxylic acids is 2. The van der Waals surface area contributed by atoms with Crippen molar-refractivity contribution < 1.29 is 18.7 Å². The molecule has 4 aromatic rings. The molecule has 31 heavy (non-hydrogen) atoms. The van der Waals surface area contributed by atoms with E-state index in [0.29, 0.717) is 16.7 Å².